The maximum absolute atomic E-state index is 12.0. The number of hydrogen-bond acceptors (Lipinski definition) is 0. The Balaban J connectivity index is 3.95. The fourth-order valence-corrected chi connectivity index (χ4v) is 1.70. The van der Waals surface area contributed by atoms with Crippen molar-refractivity contribution in [1.82, 2.24) is 0 Å². The van der Waals surface area contributed by atoms with Gasteiger partial charge in [-0.25, -0.2) is 0 Å². The van der Waals surface area contributed by atoms with Crippen molar-refractivity contribution >= 4 is 19.7 Å². The van der Waals surface area contributed by atoms with Gasteiger partial charge in [-0.2, -0.15) is 0 Å². The molecule has 0 aromatic heterocycles. The first-order valence-corrected chi connectivity index (χ1v) is 6.31. The fourth-order valence-electron chi connectivity index (χ4n) is 0.625. The van der Waals surface area contributed by atoms with Gasteiger partial charge in [0.05, 0.1) is 5.75 Å². The molecule has 0 nitrogen and oxygen atoms in total. The summed E-state index contributed by atoms with van der Waals surface area (Å²) >= 11 is 0. The summed E-state index contributed by atoms with van der Waals surface area (Å²) in [5, 5.41) is 0. The molecule has 0 amide bonds. The van der Waals surface area contributed by atoms with Crippen LogP contribution in [0, 0.1) is 0 Å². The third-order valence-corrected chi connectivity index (χ3v) is 2.66. The van der Waals surface area contributed by atoms with Gasteiger partial charge in [0, 0.05) is 10.7 Å². The molecule has 6 heteroatoms. The van der Waals surface area contributed by atoms with E-state index in [4.69, 9.17) is 0 Å². The molecule has 0 aromatic rings. The average Bonchev–Trinajstić information content (AvgIpc) is 1.59. The van der Waals surface area contributed by atoms with Crippen molar-refractivity contribution in [1.29, 1.82) is 0 Å². The fraction of sp³-hybridized carbons (Fsp3) is 1.00. The smallest absolute Gasteiger partial charge is 0.111 e. The lowest BCUT2D eigenvalue weighted by molar-refractivity contribution is 0.474. The molecule has 0 aliphatic rings. The van der Waals surface area contributed by atoms with Gasteiger partial charge in [0.2, 0.25) is 9.05 Å². The molecule has 0 aromatic carbocycles. The molecule has 0 bridgehead atoms. The van der Waals surface area contributed by atoms with E-state index in [1.54, 1.807) is 6.92 Å². The third-order valence-electron chi connectivity index (χ3n) is 1.13. The zero-order valence-corrected chi connectivity index (χ0v) is 7.70. The first kappa shape index (κ1) is 11.4. The molecule has 0 heterocycles. The second-order valence-electron chi connectivity index (χ2n) is 2.54. The van der Waals surface area contributed by atoms with Crippen LogP contribution in [0.25, 0.3) is 0 Å². The van der Waals surface area contributed by atoms with Crippen molar-refractivity contribution in [3.8, 4) is 0 Å². The van der Waals surface area contributed by atoms with Crippen molar-refractivity contribution in [2.45, 2.75) is 26.2 Å². The Kier molecular flexibility index (Phi) is 2.50. The minimum atomic E-state index is -8.10. The highest BCUT2D eigenvalue weighted by Gasteiger charge is 2.59. The Hall–Kier alpha value is 0.360. The van der Waals surface area contributed by atoms with Crippen molar-refractivity contribution in [2.24, 2.45) is 0 Å². The third kappa shape index (κ3) is 10.4. The van der Waals surface area contributed by atoms with E-state index in [1.165, 1.54) is 0 Å². The molecule has 0 fully saturated rings. The lowest BCUT2D eigenvalue weighted by Gasteiger charge is -2.42. The van der Waals surface area contributed by atoms with Crippen LogP contribution in [0.3, 0.4) is 0 Å². The predicted molar refractivity (Wildman–Crippen MR) is 42.3 cm³/mol. The molecule has 0 radical (unpaired) electrons. The molecule has 72 valence electrons. The summed E-state index contributed by atoms with van der Waals surface area (Å²) < 4.78 is 47.9. The van der Waals surface area contributed by atoms with Crippen molar-refractivity contribution in [3.63, 3.8) is 0 Å². The molecular weight excluding hydrogens is 204 g/mol. The van der Waals surface area contributed by atoms with Crippen molar-refractivity contribution < 1.29 is 15.5 Å². The predicted octanol–water partition coefficient (Wildman–Crippen LogP) is 4.74. The SMILES string of the molecule is CCCCCS(F)(F)(F)(F)Cl. The maximum Gasteiger partial charge on any atom is 0.230 e. The molecule has 0 saturated carbocycles. The van der Waals surface area contributed by atoms with Gasteiger partial charge in [-0.3, -0.25) is 0 Å². The van der Waals surface area contributed by atoms with Gasteiger partial charge in [-0.15, -0.1) is 15.5 Å². The van der Waals surface area contributed by atoms with E-state index in [9.17, 15) is 15.5 Å². The van der Waals surface area contributed by atoms with Crippen LogP contribution in [-0.4, -0.2) is 5.75 Å². The van der Waals surface area contributed by atoms with Gasteiger partial charge >= 0.3 is 0 Å². The van der Waals surface area contributed by atoms with E-state index in [-0.39, 0.29) is 6.42 Å². The molecule has 0 N–H and O–H groups in total. The van der Waals surface area contributed by atoms with Crippen LogP contribution in [0.5, 0.6) is 0 Å². The van der Waals surface area contributed by atoms with E-state index < -0.39 is 14.8 Å². The van der Waals surface area contributed by atoms with Gasteiger partial charge in [0.15, 0.2) is 0 Å². The molecule has 0 spiro atoms. The van der Waals surface area contributed by atoms with E-state index in [2.05, 4.69) is 10.7 Å². The minimum absolute atomic E-state index is 0.221. The van der Waals surface area contributed by atoms with Gasteiger partial charge in [-0.05, 0) is 6.42 Å². The van der Waals surface area contributed by atoms with Crippen molar-refractivity contribution in [3.05, 3.63) is 0 Å². The summed E-state index contributed by atoms with van der Waals surface area (Å²) in [5.74, 6) is -1.48. The largest absolute Gasteiger partial charge is 0.230 e. The standard InChI is InChI=1S/C5H11ClF4S/c1-2-3-4-5-11(6,7,8,9)10/h2-5H2,1H3. The van der Waals surface area contributed by atoms with Crippen molar-refractivity contribution in [2.75, 3.05) is 5.75 Å². The summed E-state index contributed by atoms with van der Waals surface area (Å²) in [6, 6.07) is 0. The summed E-state index contributed by atoms with van der Waals surface area (Å²) in [6.45, 7) is 1.74. The van der Waals surface area contributed by atoms with E-state index in [0.29, 0.717) is 12.8 Å². The molecule has 0 aliphatic carbocycles. The molecule has 0 rings (SSSR count). The number of unbranched alkanes of at least 4 members (excludes halogenated alkanes) is 2. The highest BCUT2D eigenvalue weighted by atomic mass is 35.7. The van der Waals surface area contributed by atoms with Crippen LogP contribution in [-0.2, 0) is 0 Å². The summed E-state index contributed by atoms with van der Waals surface area (Å²) in [7, 11) is -4.17. The monoisotopic (exact) mass is 214 g/mol. The van der Waals surface area contributed by atoms with Gasteiger partial charge in [-0.1, -0.05) is 19.8 Å². The Morgan fingerprint density at radius 3 is 1.82 bits per heavy atom. The van der Waals surface area contributed by atoms with Crippen LogP contribution < -0.4 is 0 Å². The lowest BCUT2D eigenvalue weighted by Crippen LogP contribution is -2.09. The first-order chi connectivity index (χ1) is 4.54. The summed E-state index contributed by atoms with van der Waals surface area (Å²) in [5.41, 5.74) is 0. The Morgan fingerprint density at radius 1 is 1.09 bits per heavy atom. The zero-order valence-electron chi connectivity index (χ0n) is 6.13. The van der Waals surface area contributed by atoms with E-state index >= 15 is 0 Å². The van der Waals surface area contributed by atoms with Crippen LogP contribution in [0.2, 0.25) is 0 Å². The van der Waals surface area contributed by atoms with Crippen LogP contribution in [0.15, 0.2) is 0 Å². The first-order valence-electron chi connectivity index (χ1n) is 3.27. The summed E-state index contributed by atoms with van der Waals surface area (Å²) in [6.07, 6.45) is 0.751. The van der Waals surface area contributed by atoms with Gasteiger partial charge in [0.25, 0.3) is 0 Å². The Morgan fingerprint density at radius 2 is 1.55 bits per heavy atom. The van der Waals surface area contributed by atoms with Gasteiger partial charge < -0.3 is 0 Å². The van der Waals surface area contributed by atoms with Crippen LogP contribution in [0.1, 0.15) is 26.2 Å². The zero-order chi connectivity index (χ0) is 9.24. The normalized spacial score (nSPS) is 19.1. The summed E-state index contributed by atoms with van der Waals surface area (Å²) in [4.78, 5) is 0. The minimum Gasteiger partial charge on any atom is -0.111 e. The average molecular weight is 215 g/mol. The molecule has 0 aliphatic heterocycles. The quantitative estimate of drug-likeness (QED) is 0.468. The molecular formula is C5H11ClF4S. The lowest BCUT2D eigenvalue weighted by atomic mass is 10.3. The van der Waals surface area contributed by atoms with E-state index in [1.807, 2.05) is 0 Å². The topological polar surface area (TPSA) is 0 Å². The van der Waals surface area contributed by atoms with Crippen LogP contribution in [0.4, 0.5) is 15.5 Å². The second-order valence-corrected chi connectivity index (χ2v) is 7.26. The molecule has 0 saturated heterocycles. The number of halogens is 5. The molecule has 0 unspecified atom stereocenters. The highest BCUT2D eigenvalue weighted by molar-refractivity contribution is 8.65. The molecule has 11 heavy (non-hydrogen) atoms. The van der Waals surface area contributed by atoms with Gasteiger partial charge in [0.1, 0.15) is 0 Å². The van der Waals surface area contributed by atoms with Crippen LogP contribution >= 0.6 is 19.7 Å². The number of hydrogen-bond donors (Lipinski definition) is 0. The second kappa shape index (κ2) is 2.42. The molecule has 0 atom stereocenters. The Labute approximate surface area is 67.8 Å². The van der Waals surface area contributed by atoms with E-state index in [0.717, 1.165) is 0 Å². The highest BCUT2D eigenvalue weighted by Crippen LogP contribution is 3.00. The Bertz CT molecular complexity index is 135. The number of rotatable bonds is 4. The maximum atomic E-state index is 12.0.